The van der Waals surface area contributed by atoms with Gasteiger partial charge in [0, 0.05) is 35.6 Å². The molecule has 0 saturated heterocycles. The lowest BCUT2D eigenvalue weighted by Gasteiger charge is -2.18. The van der Waals surface area contributed by atoms with Crippen molar-refractivity contribution in [3.05, 3.63) is 207 Å². The van der Waals surface area contributed by atoms with E-state index in [0.717, 1.165) is 45.6 Å². The molecule has 62 heavy (non-hydrogen) atoms. The predicted octanol–water partition coefficient (Wildman–Crippen LogP) is 15.4. The minimum atomic E-state index is -3.65. The third-order valence-corrected chi connectivity index (χ3v) is 14.7. The number of aliphatic hydroxyl groups is 1. The monoisotopic (exact) mass is 978 g/mol. The van der Waals surface area contributed by atoms with E-state index in [1.165, 1.54) is 18.2 Å². The number of hydrogen-bond donors (Lipinski definition) is 2. The number of halogens is 4. The van der Waals surface area contributed by atoms with E-state index in [1.807, 2.05) is 121 Å². The van der Waals surface area contributed by atoms with Gasteiger partial charge < -0.3 is 5.11 Å². The zero-order chi connectivity index (χ0) is 45.5. The highest BCUT2D eigenvalue weighted by Gasteiger charge is 2.22. The maximum absolute atomic E-state index is 12.5. The SMILES string of the molecule is CC(=O)c1ccc(Sc2ccccc2Cl)cc1.CC(=O)c1ccc(Sc2ccccc2Cl)cc1.CC(C)(O)c1ccc(S(=O)(=O)c2ccccc2Cl)cc1.Sc1ccccc1Cl. The maximum Gasteiger partial charge on any atom is 0.208 e. The van der Waals surface area contributed by atoms with E-state index < -0.39 is 15.4 Å². The molecule has 0 bridgehead atoms. The molecule has 0 radical (unpaired) electrons. The third kappa shape index (κ3) is 15.7. The van der Waals surface area contributed by atoms with Gasteiger partial charge in [-0.1, -0.05) is 155 Å². The number of Topliss-reactive ketones (excluding diaryl/α,β-unsaturated/α-hetero) is 2. The number of benzene rings is 7. The molecule has 5 nitrogen and oxygen atoms in total. The standard InChI is InChI=1S/C15H15ClO3S.2C14H11ClOS.C6H5ClS/c1-15(2,17)11-7-9-12(10-8-11)20(18,19)14-6-4-3-5-13(14)16;2*1-10(16)11-6-8-12(9-7-11)17-14-5-3-2-4-13(14)15;7-5-3-1-2-4-6(5)8/h3-10,17H,1-2H3;2*2-9H,1H3;1-4,8H. The third-order valence-electron chi connectivity index (χ3n) is 8.50. The van der Waals surface area contributed by atoms with Gasteiger partial charge in [-0.3, -0.25) is 9.59 Å². The Morgan fingerprint density at radius 1 is 0.516 bits per heavy atom. The fourth-order valence-electron chi connectivity index (χ4n) is 5.11. The largest absolute Gasteiger partial charge is 0.386 e. The fraction of sp³-hybridized carbons (Fsp3) is 0.102. The summed E-state index contributed by atoms with van der Waals surface area (Å²) in [5, 5.41) is 12.3. The van der Waals surface area contributed by atoms with Gasteiger partial charge in [0.25, 0.3) is 0 Å². The highest BCUT2D eigenvalue weighted by molar-refractivity contribution is 7.99. The Hall–Kier alpha value is -4.00. The lowest BCUT2D eigenvalue weighted by Crippen LogP contribution is -2.15. The topological polar surface area (TPSA) is 88.5 Å². The molecule has 7 aromatic rings. The number of ketones is 2. The van der Waals surface area contributed by atoms with E-state index in [9.17, 15) is 23.1 Å². The molecule has 0 heterocycles. The molecule has 0 aliphatic heterocycles. The molecule has 0 amide bonds. The van der Waals surface area contributed by atoms with Gasteiger partial charge in [0.05, 0.1) is 35.5 Å². The summed E-state index contributed by atoms with van der Waals surface area (Å²) in [5.74, 6) is 0.165. The van der Waals surface area contributed by atoms with Gasteiger partial charge >= 0.3 is 0 Å². The average molecular weight is 981 g/mol. The van der Waals surface area contributed by atoms with Crippen molar-refractivity contribution in [1.82, 2.24) is 0 Å². The molecular formula is C49H42Cl4O5S4. The van der Waals surface area contributed by atoms with Crippen molar-refractivity contribution in [3.63, 3.8) is 0 Å². The second-order valence-corrected chi connectivity index (χ2v) is 20.0. The van der Waals surface area contributed by atoms with Crippen molar-refractivity contribution >= 4 is 104 Å². The van der Waals surface area contributed by atoms with Crippen LogP contribution in [0.2, 0.25) is 20.1 Å². The molecule has 1 N–H and O–H groups in total. The molecule has 0 aliphatic rings. The van der Waals surface area contributed by atoms with E-state index in [-0.39, 0.29) is 26.4 Å². The van der Waals surface area contributed by atoms with E-state index >= 15 is 0 Å². The van der Waals surface area contributed by atoms with Crippen LogP contribution in [0, 0.1) is 0 Å². The molecule has 0 unspecified atom stereocenters. The first-order valence-corrected chi connectivity index (χ1v) is 23.8. The highest BCUT2D eigenvalue weighted by Crippen LogP contribution is 2.34. The van der Waals surface area contributed by atoms with E-state index in [0.29, 0.717) is 10.6 Å². The Labute approximate surface area is 398 Å². The smallest absolute Gasteiger partial charge is 0.208 e. The second kappa shape index (κ2) is 24.2. The fourth-order valence-corrected chi connectivity index (χ4v) is 9.35. The minimum Gasteiger partial charge on any atom is -0.386 e. The molecule has 320 valence electrons. The average Bonchev–Trinajstić information content (AvgIpc) is 3.24. The van der Waals surface area contributed by atoms with Crippen molar-refractivity contribution in [3.8, 4) is 0 Å². The van der Waals surface area contributed by atoms with E-state index in [2.05, 4.69) is 12.6 Å². The lowest BCUT2D eigenvalue weighted by atomic mass is 9.99. The van der Waals surface area contributed by atoms with Crippen molar-refractivity contribution in [2.45, 2.75) is 67.6 Å². The van der Waals surface area contributed by atoms with Gasteiger partial charge in [-0.2, -0.15) is 0 Å². The summed E-state index contributed by atoms with van der Waals surface area (Å²) in [5.41, 5.74) is 1.10. The summed E-state index contributed by atoms with van der Waals surface area (Å²) in [7, 11) is -3.65. The van der Waals surface area contributed by atoms with Crippen LogP contribution in [0.5, 0.6) is 0 Å². The molecule has 0 spiro atoms. The quantitative estimate of drug-likeness (QED) is 0.110. The number of carbonyl (C=O) groups excluding carboxylic acids is 2. The van der Waals surface area contributed by atoms with Crippen LogP contribution in [0.15, 0.2) is 204 Å². The molecular weight excluding hydrogens is 939 g/mol. The lowest BCUT2D eigenvalue weighted by molar-refractivity contribution is 0.0785. The van der Waals surface area contributed by atoms with Gasteiger partial charge in [0.15, 0.2) is 11.6 Å². The first-order chi connectivity index (χ1) is 29.4. The van der Waals surface area contributed by atoms with Gasteiger partial charge in [0.1, 0.15) is 0 Å². The normalized spacial score (nSPS) is 10.8. The summed E-state index contributed by atoms with van der Waals surface area (Å²) >= 11 is 31.0. The van der Waals surface area contributed by atoms with Crippen LogP contribution in [-0.4, -0.2) is 25.1 Å². The number of hydrogen-bond acceptors (Lipinski definition) is 8. The van der Waals surface area contributed by atoms with Crippen LogP contribution in [0.25, 0.3) is 0 Å². The molecule has 7 rings (SSSR count). The molecule has 0 atom stereocenters. The van der Waals surface area contributed by atoms with E-state index in [1.54, 1.807) is 81.6 Å². The first kappa shape index (κ1) is 50.6. The van der Waals surface area contributed by atoms with Crippen molar-refractivity contribution in [2.75, 3.05) is 0 Å². The summed E-state index contributed by atoms with van der Waals surface area (Å²) in [4.78, 5) is 27.5. The molecule has 0 saturated carbocycles. The Morgan fingerprint density at radius 3 is 1.23 bits per heavy atom. The second-order valence-electron chi connectivity index (χ2n) is 13.7. The Bertz CT molecular complexity index is 2560. The zero-order valence-corrected chi connectivity index (χ0v) is 40.3. The Balaban J connectivity index is 0.000000188. The van der Waals surface area contributed by atoms with Gasteiger partial charge in [-0.15, -0.1) is 12.6 Å². The maximum atomic E-state index is 12.5. The van der Waals surface area contributed by atoms with Gasteiger partial charge in [0.2, 0.25) is 9.84 Å². The molecule has 0 aliphatic carbocycles. The Kier molecular flexibility index (Phi) is 19.7. The van der Waals surface area contributed by atoms with Gasteiger partial charge in [-0.25, -0.2) is 8.42 Å². The summed E-state index contributed by atoms with van der Waals surface area (Å²) in [6, 6.07) is 50.4. The van der Waals surface area contributed by atoms with Crippen molar-refractivity contribution < 1.29 is 23.1 Å². The van der Waals surface area contributed by atoms with Crippen molar-refractivity contribution in [2.24, 2.45) is 0 Å². The first-order valence-electron chi connectivity index (χ1n) is 18.7. The van der Waals surface area contributed by atoms with Crippen LogP contribution >= 0.6 is 82.6 Å². The summed E-state index contributed by atoms with van der Waals surface area (Å²) in [6.45, 7) is 6.42. The molecule has 0 fully saturated rings. The Morgan fingerprint density at radius 2 is 0.887 bits per heavy atom. The number of thiol groups is 1. The summed E-state index contributed by atoms with van der Waals surface area (Å²) in [6.07, 6.45) is 0. The highest BCUT2D eigenvalue weighted by atomic mass is 35.5. The minimum absolute atomic E-state index is 0.0812. The van der Waals surface area contributed by atoms with Gasteiger partial charge in [-0.05, 0) is 118 Å². The van der Waals surface area contributed by atoms with Crippen LogP contribution in [-0.2, 0) is 15.4 Å². The van der Waals surface area contributed by atoms with Crippen LogP contribution in [0.1, 0.15) is 54.0 Å². The van der Waals surface area contributed by atoms with Crippen LogP contribution < -0.4 is 0 Å². The number of sulfone groups is 1. The number of carbonyl (C=O) groups is 2. The van der Waals surface area contributed by atoms with Crippen LogP contribution in [0.3, 0.4) is 0 Å². The molecule has 13 heteroatoms. The molecule has 0 aromatic heterocycles. The van der Waals surface area contributed by atoms with Crippen LogP contribution in [0.4, 0.5) is 0 Å². The number of rotatable bonds is 9. The summed E-state index contributed by atoms with van der Waals surface area (Å²) < 4.78 is 24.9. The predicted molar refractivity (Wildman–Crippen MR) is 261 cm³/mol. The zero-order valence-electron chi connectivity index (χ0n) is 33.9. The van der Waals surface area contributed by atoms with Crippen molar-refractivity contribution in [1.29, 1.82) is 0 Å². The molecule has 7 aromatic carbocycles. The van der Waals surface area contributed by atoms with E-state index in [4.69, 9.17) is 46.4 Å².